The van der Waals surface area contributed by atoms with Gasteiger partial charge in [-0.2, -0.15) is 13.2 Å². The third-order valence-corrected chi connectivity index (χ3v) is 3.87. The molecule has 0 heterocycles. The van der Waals surface area contributed by atoms with Crippen LogP contribution in [0.1, 0.15) is 17.3 Å². The minimum Gasteiger partial charge on any atom is -0.468 e. The lowest BCUT2D eigenvalue weighted by atomic mass is 9.72. The van der Waals surface area contributed by atoms with Gasteiger partial charge in [-0.25, -0.2) is 0 Å². The molecule has 0 N–H and O–H groups in total. The van der Waals surface area contributed by atoms with Crippen molar-refractivity contribution in [3.8, 4) is 0 Å². The molecule has 0 saturated carbocycles. The van der Waals surface area contributed by atoms with Crippen LogP contribution in [0.2, 0.25) is 0 Å². The third-order valence-electron chi connectivity index (χ3n) is 3.87. The second-order valence-corrected chi connectivity index (χ2v) is 5.18. The molecule has 1 atom stereocenters. The summed E-state index contributed by atoms with van der Waals surface area (Å²) in [6, 6.07) is 3.66. The van der Waals surface area contributed by atoms with Crippen LogP contribution in [0.3, 0.4) is 0 Å². The molecule has 0 aromatic heterocycles. The van der Waals surface area contributed by atoms with Gasteiger partial charge in [0.1, 0.15) is 0 Å². The molecule has 0 aliphatic carbocycles. The number of hydrogen-bond acceptors (Lipinski definition) is 7. The van der Waals surface area contributed by atoms with Crippen LogP contribution in [0, 0.1) is 21.4 Å². The summed E-state index contributed by atoms with van der Waals surface area (Å²) in [7, 11) is 1.27. The minimum absolute atomic E-state index is 0.357. The number of nitrogens with zero attached hydrogens (tertiary/aromatic N) is 1. The first-order chi connectivity index (χ1) is 11.9. The zero-order chi connectivity index (χ0) is 20.3. The molecule has 0 spiro atoms. The molecule has 1 aromatic carbocycles. The molecule has 142 valence electrons. The Morgan fingerprint density at radius 1 is 1.04 bits per heavy atom. The molecule has 0 aliphatic rings. The summed E-state index contributed by atoms with van der Waals surface area (Å²) in [6.07, 6.45) is -5.50. The lowest BCUT2D eigenvalue weighted by Gasteiger charge is -2.34. The number of alkyl halides is 3. The summed E-state index contributed by atoms with van der Waals surface area (Å²) >= 11 is 0. The highest BCUT2D eigenvalue weighted by molar-refractivity contribution is 6.09. The van der Waals surface area contributed by atoms with Crippen molar-refractivity contribution in [2.45, 2.75) is 13.1 Å². The number of benzene rings is 1. The fourth-order valence-corrected chi connectivity index (χ4v) is 2.43. The zero-order valence-corrected chi connectivity index (χ0v) is 13.8. The molecule has 0 fully saturated rings. The normalized spacial score (nSPS) is 12.8. The molecular formula is C15H14F3NO7. The van der Waals surface area contributed by atoms with Crippen molar-refractivity contribution < 1.29 is 42.0 Å². The van der Waals surface area contributed by atoms with E-state index in [1.54, 1.807) is 0 Å². The van der Waals surface area contributed by atoms with Crippen LogP contribution in [-0.2, 0) is 19.1 Å². The van der Waals surface area contributed by atoms with Crippen molar-refractivity contribution in [2.75, 3.05) is 14.2 Å². The standard InChI is InChI=1S/C15H14F3NO7/c1-8(11(20)9-4-6-10(7-5-9)19(23)24)14(12(21)25-2,13(22)26-3)15(16,17)18/h4-8H,1-3H3. The molecule has 11 heteroatoms. The van der Waals surface area contributed by atoms with Crippen LogP contribution in [0.25, 0.3) is 0 Å². The maximum atomic E-state index is 13.7. The minimum atomic E-state index is -5.50. The number of ketones is 1. The van der Waals surface area contributed by atoms with Gasteiger partial charge in [0.25, 0.3) is 11.1 Å². The Bertz CT molecular complexity index is 712. The van der Waals surface area contributed by atoms with E-state index in [0.29, 0.717) is 14.2 Å². The monoisotopic (exact) mass is 377 g/mol. The number of non-ortho nitro benzene ring substituents is 1. The van der Waals surface area contributed by atoms with E-state index in [4.69, 9.17) is 0 Å². The van der Waals surface area contributed by atoms with Gasteiger partial charge in [-0.05, 0) is 12.1 Å². The first-order valence-electron chi connectivity index (χ1n) is 6.97. The number of nitro groups is 1. The Balaban J connectivity index is 3.50. The van der Waals surface area contributed by atoms with Crippen LogP contribution in [-0.4, -0.2) is 43.0 Å². The molecule has 0 radical (unpaired) electrons. The number of Topliss-reactive ketones (excluding diaryl/α,β-unsaturated/α-hetero) is 1. The maximum absolute atomic E-state index is 13.7. The van der Waals surface area contributed by atoms with E-state index in [2.05, 4.69) is 9.47 Å². The van der Waals surface area contributed by atoms with Gasteiger partial charge in [0.2, 0.25) is 0 Å². The Morgan fingerprint density at radius 3 is 1.77 bits per heavy atom. The number of ether oxygens (including phenoxy) is 2. The van der Waals surface area contributed by atoms with Gasteiger partial charge in [-0.1, -0.05) is 6.92 Å². The highest BCUT2D eigenvalue weighted by atomic mass is 19.4. The van der Waals surface area contributed by atoms with Crippen molar-refractivity contribution in [2.24, 2.45) is 11.3 Å². The molecule has 1 aromatic rings. The van der Waals surface area contributed by atoms with Gasteiger partial charge in [0.05, 0.1) is 25.1 Å². The summed E-state index contributed by atoms with van der Waals surface area (Å²) in [4.78, 5) is 46.2. The predicted octanol–water partition coefficient (Wildman–Crippen LogP) is 2.31. The molecule has 0 bridgehead atoms. The molecule has 0 amide bonds. The van der Waals surface area contributed by atoms with Gasteiger partial charge in [-0.3, -0.25) is 24.5 Å². The molecule has 8 nitrogen and oxygen atoms in total. The van der Waals surface area contributed by atoms with E-state index in [1.807, 2.05) is 0 Å². The molecule has 0 aliphatic heterocycles. The highest BCUT2D eigenvalue weighted by Crippen LogP contribution is 2.47. The number of esters is 2. The van der Waals surface area contributed by atoms with Crippen LogP contribution in [0.5, 0.6) is 0 Å². The summed E-state index contributed by atoms with van der Waals surface area (Å²) in [5.74, 6) is -7.49. The average Bonchev–Trinajstić information content (AvgIpc) is 2.59. The number of rotatable bonds is 6. The van der Waals surface area contributed by atoms with E-state index < -0.39 is 45.8 Å². The van der Waals surface area contributed by atoms with Crippen molar-refractivity contribution in [1.29, 1.82) is 0 Å². The first-order valence-corrected chi connectivity index (χ1v) is 6.97. The van der Waals surface area contributed by atoms with Gasteiger partial charge in [0.15, 0.2) is 5.78 Å². The predicted molar refractivity (Wildman–Crippen MR) is 79.1 cm³/mol. The fourth-order valence-electron chi connectivity index (χ4n) is 2.43. The molecule has 1 unspecified atom stereocenters. The Labute approximate surface area is 145 Å². The van der Waals surface area contributed by atoms with Crippen molar-refractivity contribution >= 4 is 23.4 Å². The van der Waals surface area contributed by atoms with E-state index in [9.17, 15) is 37.7 Å². The van der Waals surface area contributed by atoms with E-state index >= 15 is 0 Å². The van der Waals surface area contributed by atoms with Crippen molar-refractivity contribution in [1.82, 2.24) is 0 Å². The Kier molecular flexibility index (Phi) is 6.08. The van der Waals surface area contributed by atoms with E-state index in [1.165, 1.54) is 0 Å². The molecule has 0 saturated heterocycles. The lowest BCUT2D eigenvalue weighted by molar-refractivity contribution is -0.384. The van der Waals surface area contributed by atoms with Crippen LogP contribution < -0.4 is 0 Å². The fraction of sp³-hybridized carbons (Fsp3) is 0.400. The summed E-state index contributed by atoms with van der Waals surface area (Å²) < 4.78 is 49.4. The number of carbonyl (C=O) groups excluding carboxylic acids is 3. The van der Waals surface area contributed by atoms with Gasteiger partial charge >= 0.3 is 18.1 Å². The Hall–Kier alpha value is -2.98. The molecule has 26 heavy (non-hydrogen) atoms. The average molecular weight is 377 g/mol. The number of nitro benzene ring substituents is 1. The van der Waals surface area contributed by atoms with Crippen LogP contribution >= 0.6 is 0 Å². The second kappa shape index (κ2) is 7.50. The topological polar surface area (TPSA) is 113 Å². The van der Waals surface area contributed by atoms with Crippen molar-refractivity contribution in [3.05, 3.63) is 39.9 Å². The molecular weight excluding hydrogens is 363 g/mol. The van der Waals surface area contributed by atoms with Crippen LogP contribution in [0.15, 0.2) is 24.3 Å². The smallest absolute Gasteiger partial charge is 0.416 e. The maximum Gasteiger partial charge on any atom is 0.416 e. The SMILES string of the molecule is COC(=O)C(C(=O)OC)(C(C)C(=O)c1ccc([N+](=O)[O-])cc1)C(F)(F)F. The van der Waals surface area contributed by atoms with Gasteiger partial charge in [-0.15, -0.1) is 0 Å². The number of methoxy groups -OCH3 is 2. The first kappa shape index (κ1) is 21.1. The highest BCUT2D eigenvalue weighted by Gasteiger charge is 2.72. The number of carbonyl (C=O) groups is 3. The van der Waals surface area contributed by atoms with E-state index in [-0.39, 0.29) is 5.56 Å². The Morgan fingerprint density at radius 2 is 1.46 bits per heavy atom. The summed E-state index contributed by atoms with van der Waals surface area (Å²) in [6.45, 7) is 0.727. The third kappa shape index (κ3) is 3.37. The number of hydrogen-bond donors (Lipinski definition) is 0. The zero-order valence-electron chi connectivity index (χ0n) is 13.8. The van der Waals surface area contributed by atoms with Gasteiger partial charge in [0, 0.05) is 17.7 Å². The molecule has 1 rings (SSSR count). The van der Waals surface area contributed by atoms with Crippen LogP contribution in [0.4, 0.5) is 18.9 Å². The quantitative estimate of drug-likeness (QED) is 0.246. The van der Waals surface area contributed by atoms with E-state index in [0.717, 1.165) is 31.2 Å². The second-order valence-electron chi connectivity index (χ2n) is 5.18. The number of halogens is 3. The lowest BCUT2D eigenvalue weighted by Crippen LogP contribution is -2.58. The summed E-state index contributed by atoms with van der Waals surface area (Å²) in [5, 5.41) is 10.6. The largest absolute Gasteiger partial charge is 0.468 e. The van der Waals surface area contributed by atoms with Crippen molar-refractivity contribution in [3.63, 3.8) is 0 Å². The van der Waals surface area contributed by atoms with Gasteiger partial charge < -0.3 is 9.47 Å². The summed E-state index contributed by atoms with van der Waals surface area (Å²) in [5.41, 5.74) is -4.63.